The highest BCUT2D eigenvalue weighted by atomic mass is 16.4. The Morgan fingerprint density at radius 2 is 2.28 bits per heavy atom. The van der Waals surface area contributed by atoms with Crippen LogP contribution in [-0.2, 0) is 0 Å². The highest BCUT2D eigenvalue weighted by Gasteiger charge is 2.11. The van der Waals surface area contributed by atoms with Crippen LogP contribution in [0.25, 0.3) is 0 Å². The number of pyridine rings is 1. The van der Waals surface area contributed by atoms with Crippen molar-refractivity contribution in [1.29, 1.82) is 0 Å². The van der Waals surface area contributed by atoms with Gasteiger partial charge in [0.15, 0.2) is 5.69 Å². The number of aromatic nitrogens is 3. The summed E-state index contributed by atoms with van der Waals surface area (Å²) in [5, 5.41) is 16.2. The molecule has 0 aliphatic carbocycles. The van der Waals surface area contributed by atoms with Crippen molar-refractivity contribution >= 4 is 17.3 Å². The second-order valence-electron chi connectivity index (χ2n) is 4.13. The number of carboxylic acid groups (broad SMARTS) is 1. The minimum Gasteiger partial charge on any atom is -0.476 e. The van der Waals surface area contributed by atoms with Gasteiger partial charge in [-0.1, -0.05) is 0 Å². The molecule has 0 amide bonds. The van der Waals surface area contributed by atoms with Crippen molar-refractivity contribution in [2.45, 2.75) is 19.9 Å². The van der Waals surface area contributed by atoms with Gasteiger partial charge in [0.25, 0.3) is 0 Å². The monoisotopic (exact) mass is 246 g/mol. The molecule has 0 fully saturated rings. The van der Waals surface area contributed by atoms with Crippen LogP contribution in [0.15, 0.2) is 30.7 Å². The molecular weight excluding hydrogens is 232 g/mol. The van der Waals surface area contributed by atoms with Gasteiger partial charge in [0.1, 0.15) is 0 Å². The van der Waals surface area contributed by atoms with Gasteiger partial charge in [-0.2, -0.15) is 5.10 Å². The van der Waals surface area contributed by atoms with Gasteiger partial charge in [-0.15, -0.1) is 0 Å². The average Bonchev–Trinajstić information content (AvgIpc) is 2.78. The molecular formula is C12H14N4O2. The molecule has 94 valence electrons. The first-order chi connectivity index (χ1) is 8.58. The van der Waals surface area contributed by atoms with E-state index in [1.165, 1.54) is 6.20 Å². The maximum atomic E-state index is 11.0. The summed E-state index contributed by atoms with van der Waals surface area (Å²) in [6.07, 6.45) is 4.92. The molecule has 0 atom stereocenters. The fourth-order valence-electron chi connectivity index (χ4n) is 1.52. The third kappa shape index (κ3) is 2.48. The predicted octanol–water partition coefficient (Wildman–Crippen LogP) is 2.30. The first kappa shape index (κ1) is 12.1. The minimum atomic E-state index is -1.06. The van der Waals surface area contributed by atoms with Crippen molar-refractivity contribution < 1.29 is 9.90 Å². The summed E-state index contributed by atoms with van der Waals surface area (Å²) in [7, 11) is 0. The van der Waals surface area contributed by atoms with E-state index >= 15 is 0 Å². The number of carboxylic acids is 1. The number of hydrogen-bond acceptors (Lipinski definition) is 4. The quantitative estimate of drug-likeness (QED) is 0.865. The van der Waals surface area contributed by atoms with Gasteiger partial charge in [-0.3, -0.25) is 4.68 Å². The molecule has 18 heavy (non-hydrogen) atoms. The highest BCUT2D eigenvalue weighted by Crippen LogP contribution is 2.19. The number of nitrogens with one attached hydrogen (secondary N) is 1. The summed E-state index contributed by atoms with van der Waals surface area (Å²) in [6, 6.07) is 3.61. The standard InChI is InChI=1S/C12H14N4O2/c1-8(2)16-7-9(6-14-16)15-10-4-3-5-13-11(10)12(17)18/h3-8,15H,1-2H3,(H,17,18). The second kappa shape index (κ2) is 4.87. The maximum Gasteiger partial charge on any atom is 0.356 e. The molecule has 2 aromatic rings. The van der Waals surface area contributed by atoms with Gasteiger partial charge in [0.05, 0.1) is 17.6 Å². The zero-order valence-corrected chi connectivity index (χ0v) is 10.2. The van der Waals surface area contributed by atoms with Crippen molar-refractivity contribution in [2.75, 3.05) is 5.32 Å². The summed E-state index contributed by atoms with van der Waals surface area (Å²) < 4.78 is 1.79. The average molecular weight is 246 g/mol. The fourth-order valence-corrected chi connectivity index (χ4v) is 1.52. The summed E-state index contributed by atoms with van der Waals surface area (Å²) in [4.78, 5) is 14.8. The first-order valence-corrected chi connectivity index (χ1v) is 5.57. The van der Waals surface area contributed by atoms with Crippen LogP contribution in [0.1, 0.15) is 30.4 Å². The Bertz CT molecular complexity index is 563. The lowest BCUT2D eigenvalue weighted by Gasteiger charge is -2.06. The number of rotatable bonds is 4. The summed E-state index contributed by atoms with van der Waals surface area (Å²) >= 11 is 0. The Balaban J connectivity index is 2.25. The SMILES string of the molecule is CC(C)n1cc(Nc2cccnc2C(=O)O)cn1. The van der Waals surface area contributed by atoms with Crippen LogP contribution < -0.4 is 5.32 Å². The number of carbonyl (C=O) groups is 1. The number of anilines is 2. The van der Waals surface area contributed by atoms with E-state index in [0.717, 1.165) is 5.69 Å². The van der Waals surface area contributed by atoms with Crippen molar-refractivity contribution in [1.82, 2.24) is 14.8 Å². The Labute approximate surface area is 104 Å². The van der Waals surface area contributed by atoms with E-state index in [-0.39, 0.29) is 11.7 Å². The van der Waals surface area contributed by atoms with E-state index in [2.05, 4.69) is 15.4 Å². The molecule has 2 heterocycles. The van der Waals surface area contributed by atoms with Crippen LogP contribution in [0.3, 0.4) is 0 Å². The van der Waals surface area contributed by atoms with Crippen molar-refractivity contribution in [3.8, 4) is 0 Å². The summed E-state index contributed by atoms with van der Waals surface area (Å²) in [6.45, 7) is 4.03. The molecule has 0 aliphatic rings. The molecule has 0 aromatic carbocycles. The Hall–Kier alpha value is -2.37. The van der Waals surface area contributed by atoms with Gasteiger partial charge in [-0.05, 0) is 26.0 Å². The summed E-state index contributed by atoms with van der Waals surface area (Å²) in [5.74, 6) is -1.06. The molecule has 0 spiro atoms. The number of hydrogen-bond donors (Lipinski definition) is 2. The second-order valence-corrected chi connectivity index (χ2v) is 4.13. The van der Waals surface area contributed by atoms with Gasteiger partial charge >= 0.3 is 5.97 Å². The van der Waals surface area contributed by atoms with Gasteiger partial charge in [0.2, 0.25) is 0 Å². The van der Waals surface area contributed by atoms with E-state index in [9.17, 15) is 4.79 Å². The molecule has 0 radical (unpaired) electrons. The molecule has 2 N–H and O–H groups in total. The van der Waals surface area contributed by atoms with Crippen LogP contribution in [0.2, 0.25) is 0 Å². The molecule has 0 unspecified atom stereocenters. The Morgan fingerprint density at radius 3 is 2.89 bits per heavy atom. The van der Waals surface area contributed by atoms with Crippen molar-refractivity contribution in [3.05, 3.63) is 36.4 Å². The topological polar surface area (TPSA) is 80.0 Å². The summed E-state index contributed by atoms with van der Waals surface area (Å²) in [5.41, 5.74) is 1.18. The molecule has 6 nitrogen and oxygen atoms in total. The van der Waals surface area contributed by atoms with E-state index in [1.807, 2.05) is 20.0 Å². The van der Waals surface area contributed by atoms with Gasteiger partial charge in [0, 0.05) is 18.4 Å². The first-order valence-electron chi connectivity index (χ1n) is 5.57. The molecule has 0 aliphatic heterocycles. The third-order valence-electron chi connectivity index (χ3n) is 2.42. The van der Waals surface area contributed by atoms with Crippen LogP contribution in [0.5, 0.6) is 0 Å². The number of nitrogens with zero attached hydrogens (tertiary/aromatic N) is 3. The third-order valence-corrected chi connectivity index (χ3v) is 2.42. The predicted molar refractivity (Wildman–Crippen MR) is 67.1 cm³/mol. The largest absolute Gasteiger partial charge is 0.476 e. The van der Waals surface area contributed by atoms with Gasteiger partial charge < -0.3 is 10.4 Å². The molecule has 2 rings (SSSR count). The normalized spacial score (nSPS) is 10.6. The lowest BCUT2D eigenvalue weighted by atomic mass is 10.3. The smallest absolute Gasteiger partial charge is 0.356 e. The molecule has 0 saturated heterocycles. The van der Waals surface area contributed by atoms with E-state index < -0.39 is 5.97 Å². The number of aromatic carboxylic acids is 1. The van der Waals surface area contributed by atoms with Gasteiger partial charge in [-0.25, -0.2) is 9.78 Å². The molecule has 0 bridgehead atoms. The van der Waals surface area contributed by atoms with Crippen molar-refractivity contribution in [2.24, 2.45) is 0 Å². The van der Waals surface area contributed by atoms with E-state index in [0.29, 0.717) is 5.69 Å². The molecule has 2 aromatic heterocycles. The Morgan fingerprint density at radius 1 is 1.50 bits per heavy atom. The Kier molecular flexibility index (Phi) is 3.27. The molecule has 0 saturated carbocycles. The van der Waals surface area contributed by atoms with Crippen LogP contribution in [-0.4, -0.2) is 25.8 Å². The van der Waals surface area contributed by atoms with Crippen LogP contribution in [0.4, 0.5) is 11.4 Å². The maximum absolute atomic E-state index is 11.0. The lowest BCUT2D eigenvalue weighted by molar-refractivity contribution is 0.0691. The van der Waals surface area contributed by atoms with E-state index in [1.54, 1.807) is 23.0 Å². The zero-order chi connectivity index (χ0) is 13.1. The van der Waals surface area contributed by atoms with E-state index in [4.69, 9.17) is 5.11 Å². The van der Waals surface area contributed by atoms with Crippen LogP contribution >= 0.6 is 0 Å². The fraction of sp³-hybridized carbons (Fsp3) is 0.250. The van der Waals surface area contributed by atoms with Crippen LogP contribution in [0, 0.1) is 0 Å². The van der Waals surface area contributed by atoms with Crippen molar-refractivity contribution in [3.63, 3.8) is 0 Å². The molecule has 6 heteroatoms. The zero-order valence-electron chi connectivity index (χ0n) is 10.2. The lowest BCUT2D eigenvalue weighted by Crippen LogP contribution is -2.05. The highest BCUT2D eigenvalue weighted by molar-refractivity contribution is 5.92. The minimum absolute atomic E-state index is 0.00482.